The van der Waals surface area contributed by atoms with Gasteiger partial charge in [0.05, 0.1) is 11.4 Å². The summed E-state index contributed by atoms with van der Waals surface area (Å²) < 4.78 is 0. The molecule has 0 radical (unpaired) electrons. The highest BCUT2D eigenvalue weighted by molar-refractivity contribution is 6.23. The monoisotopic (exact) mass is 566 g/mol. The fourth-order valence-corrected chi connectivity index (χ4v) is 5.48. The highest BCUT2D eigenvalue weighted by Crippen LogP contribution is 2.27. The highest BCUT2D eigenvalue weighted by atomic mass is 16.4. The molecule has 2 aliphatic heterocycles. The average Bonchev–Trinajstić information content (AvgIpc) is 2.92. The van der Waals surface area contributed by atoms with Crippen LogP contribution in [0.3, 0.4) is 0 Å². The van der Waals surface area contributed by atoms with Crippen molar-refractivity contribution in [3.05, 3.63) is 58.5 Å². The zero-order chi connectivity index (χ0) is 29.9. The van der Waals surface area contributed by atoms with Gasteiger partial charge in [-0.05, 0) is 51.4 Å². The molecule has 1 fully saturated rings. The van der Waals surface area contributed by atoms with E-state index in [1.54, 1.807) is 13.0 Å². The maximum absolute atomic E-state index is 13.6. The standard InChI is InChI=1S/C32H46N4O5/c1-22-9-6-5-7-12-25(4)31(39)34-27-21-28(37)29(33-13-14-35-15-17-36(18-16-35)32(40)41)26(30(27)38)20-24(3)11-8-10-23(2)19-22/h5,7,12,19,21,23-24,33H,6,8-11,13-18,20H2,1-4H3,(H,34,39)(H,40,41)/b7-5-,22-19+,25-12+. The van der Waals surface area contributed by atoms with Gasteiger partial charge in [0, 0.05) is 56.5 Å². The molecule has 3 N–H and O–H groups in total. The topological polar surface area (TPSA) is 119 Å². The van der Waals surface area contributed by atoms with Gasteiger partial charge < -0.3 is 20.6 Å². The number of hydrogen-bond donors (Lipinski definition) is 3. The van der Waals surface area contributed by atoms with Crippen molar-refractivity contribution in [1.29, 1.82) is 0 Å². The molecule has 0 spiro atoms. The quantitative estimate of drug-likeness (QED) is 0.342. The number of amides is 2. The number of carbonyl (C=O) groups is 4. The number of carbonyl (C=O) groups excluding carboxylic acids is 3. The first kappa shape index (κ1) is 32.1. The SMILES string of the molecule is C/C1=C\C(C)CCCC(C)CC2=C(NCCN3CCN(C(=O)O)CC3)C(=O)C=C(NC(=O)/C(C)=C/C=C\CC1)C2=O. The van der Waals surface area contributed by atoms with E-state index in [4.69, 9.17) is 5.11 Å². The predicted octanol–water partition coefficient (Wildman–Crippen LogP) is 4.35. The van der Waals surface area contributed by atoms with Crippen LogP contribution < -0.4 is 10.6 Å². The minimum Gasteiger partial charge on any atom is -0.465 e. The number of nitrogens with one attached hydrogen (secondary N) is 2. The van der Waals surface area contributed by atoms with Crippen molar-refractivity contribution in [3.63, 3.8) is 0 Å². The first-order chi connectivity index (χ1) is 19.5. The molecule has 1 saturated heterocycles. The molecule has 9 nitrogen and oxygen atoms in total. The van der Waals surface area contributed by atoms with Crippen LogP contribution in [0.5, 0.6) is 0 Å². The van der Waals surface area contributed by atoms with E-state index >= 15 is 0 Å². The van der Waals surface area contributed by atoms with Crippen LogP contribution >= 0.6 is 0 Å². The van der Waals surface area contributed by atoms with Crippen molar-refractivity contribution in [2.45, 2.75) is 66.2 Å². The minimum absolute atomic E-state index is 0.0145. The third-order valence-electron chi connectivity index (χ3n) is 7.99. The molecule has 0 aromatic heterocycles. The zero-order valence-electron chi connectivity index (χ0n) is 25.0. The normalized spacial score (nSPS) is 27.8. The summed E-state index contributed by atoms with van der Waals surface area (Å²) in [6.45, 7) is 11.4. The van der Waals surface area contributed by atoms with Crippen molar-refractivity contribution in [3.8, 4) is 0 Å². The van der Waals surface area contributed by atoms with E-state index in [1.165, 1.54) is 16.5 Å². The van der Waals surface area contributed by atoms with Crippen LogP contribution in [0.25, 0.3) is 0 Å². The van der Waals surface area contributed by atoms with Gasteiger partial charge in [0.2, 0.25) is 11.6 Å². The van der Waals surface area contributed by atoms with Gasteiger partial charge in [0.25, 0.3) is 5.91 Å². The Bertz CT molecular complexity index is 1150. The maximum Gasteiger partial charge on any atom is 0.407 e. The van der Waals surface area contributed by atoms with Crippen LogP contribution in [0.2, 0.25) is 0 Å². The van der Waals surface area contributed by atoms with Crippen LogP contribution in [0, 0.1) is 11.8 Å². The fourth-order valence-electron chi connectivity index (χ4n) is 5.48. The minimum atomic E-state index is -0.908. The van der Waals surface area contributed by atoms with Crippen LogP contribution in [-0.4, -0.2) is 77.7 Å². The number of ketones is 2. The smallest absolute Gasteiger partial charge is 0.407 e. The van der Waals surface area contributed by atoms with Crippen LogP contribution in [-0.2, 0) is 14.4 Å². The Morgan fingerprint density at radius 1 is 1.10 bits per heavy atom. The molecule has 2 heterocycles. The Labute approximate surface area is 244 Å². The maximum atomic E-state index is 13.6. The Morgan fingerprint density at radius 3 is 2.54 bits per heavy atom. The van der Waals surface area contributed by atoms with Gasteiger partial charge in [-0.3, -0.25) is 19.3 Å². The molecular weight excluding hydrogens is 520 g/mol. The molecule has 2 unspecified atom stereocenters. The Kier molecular flexibility index (Phi) is 12.1. The lowest BCUT2D eigenvalue weighted by Gasteiger charge is -2.33. The van der Waals surface area contributed by atoms with Gasteiger partial charge in [0.15, 0.2) is 0 Å². The van der Waals surface area contributed by atoms with Crippen LogP contribution in [0.1, 0.15) is 66.2 Å². The first-order valence-corrected chi connectivity index (χ1v) is 14.8. The third kappa shape index (κ3) is 9.85. The highest BCUT2D eigenvalue weighted by Gasteiger charge is 2.31. The summed E-state index contributed by atoms with van der Waals surface area (Å²) in [7, 11) is 0. The summed E-state index contributed by atoms with van der Waals surface area (Å²) in [6.07, 6.45) is 13.6. The van der Waals surface area contributed by atoms with Gasteiger partial charge in [-0.25, -0.2) is 4.79 Å². The molecule has 2 amide bonds. The van der Waals surface area contributed by atoms with Gasteiger partial charge >= 0.3 is 6.09 Å². The van der Waals surface area contributed by atoms with E-state index in [0.717, 1.165) is 32.1 Å². The van der Waals surface area contributed by atoms with Crippen LogP contribution in [0.15, 0.2) is 58.5 Å². The second kappa shape index (κ2) is 15.5. The summed E-state index contributed by atoms with van der Waals surface area (Å²) in [6, 6.07) is 0. The number of nitrogens with zero attached hydrogens (tertiary/aromatic N) is 2. The Balaban J connectivity index is 1.77. The Hall–Kier alpha value is -3.46. The molecule has 2 bridgehead atoms. The summed E-state index contributed by atoms with van der Waals surface area (Å²) in [4.78, 5) is 54.5. The van der Waals surface area contributed by atoms with E-state index in [9.17, 15) is 19.2 Å². The number of Topliss-reactive ketones (excluding diaryl/α,β-unsaturated/α-hetero) is 1. The number of fused-ring (bicyclic) bond motifs is 2. The van der Waals surface area contributed by atoms with Crippen molar-refractivity contribution >= 4 is 23.6 Å². The molecule has 3 rings (SSSR count). The van der Waals surface area contributed by atoms with E-state index in [-0.39, 0.29) is 23.2 Å². The van der Waals surface area contributed by atoms with Crippen LogP contribution in [0.4, 0.5) is 4.79 Å². The summed E-state index contributed by atoms with van der Waals surface area (Å²) in [5.41, 5.74) is 2.55. The van der Waals surface area contributed by atoms with Crippen molar-refractivity contribution in [2.75, 3.05) is 39.3 Å². The zero-order valence-corrected chi connectivity index (χ0v) is 25.0. The van der Waals surface area contributed by atoms with Gasteiger partial charge in [-0.15, -0.1) is 0 Å². The van der Waals surface area contributed by atoms with Gasteiger partial charge in [0.1, 0.15) is 0 Å². The lowest BCUT2D eigenvalue weighted by atomic mass is 9.87. The number of rotatable bonds is 4. The summed E-state index contributed by atoms with van der Waals surface area (Å²) in [5.74, 6) is -0.398. The van der Waals surface area contributed by atoms with Crippen molar-refractivity contribution < 1.29 is 24.3 Å². The molecule has 1 aliphatic carbocycles. The van der Waals surface area contributed by atoms with E-state index in [1.807, 2.05) is 12.2 Å². The summed E-state index contributed by atoms with van der Waals surface area (Å²) >= 11 is 0. The molecule has 0 saturated carbocycles. The molecular formula is C32H46N4O5. The fraction of sp³-hybridized carbons (Fsp3) is 0.562. The Morgan fingerprint density at radius 2 is 1.83 bits per heavy atom. The molecule has 41 heavy (non-hydrogen) atoms. The van der Waals surface area contributed by atoms with Gasteiger partial charge in [-0.1, -0.05) is 56.6 Å². The molecule has 224 valence electrons. The third-order valence-corrected chi connectivity index (χ3v) is 7.99. The van der Waals surface area contributed by atoms with E-state index in [2.05, 4.69) is 42.4 Å². The van der Waals surface area contributed by atoms with Crippen molar-refractivity contribution in [2.24, 2.45) is 11.8 Å². The summed E-state index contributed by atoms with van der Waals surface area (Å²) in [5, 5.41) is 15.1. The predicted molar refractivity (Wildman–Crippen MR) is 160 cm³/mol. The number of carboxylic acid groups (broad SMARTS) is 1. The van der Waals surface area contributed by atoms with E-state index < -0.39 is 12.0 Å². The number of allylic oxidation sites excluding steroid dienone is 7. The molecule has 0 aromatic carbocycles. The lowest BCUT2D eigenvalue weighted by Crippen LogP contribution is -2.49. The second-order valence-corrected chi connectivity index (χ2v) is 11.6. The van der Waals surface area contributed by atoms with E-state index in [0.29, 0.717) is 68.5 Å². The first-order valence-electron chi connectivity index (χ1n) is 14.8. The molecule has 0 aromatic rings. The average molecular weight is 567 g/mol. The second-order valence-electron chi connectivity index (χ2n) is 11.6. The molecule has 3 aliphatic rings. The molecule has 2 atom stereocenters. The van der Waals surface area contributed by atoms with Crippen molar-refractivity contribution in [1.82, 2.24) is 20.4 Å². The lowest BCUT2D eigenvalue weighted by molar-refractivity contribution is -0.120. The number of piperazine rings is 1. The number of hydrogen-bond acceptors (Lipinski definition) is 6. The molecule has 9 heteroatoms. The van der Waals surface area contributed by atoms with Gasteiger partial charge in [-0.2, -0.15) is 0 Å². The largest absolute Gasteiger partial charge is 0.465 e.